The van der Waals surface area contributed by atoms with Crippen LogP contribution < -0.4 is 10.6 Å². The minimum Gasteiger partial charge on any atom is -0.468 e. The molecule has 10 heteroatoms. The van der Waals surface area contributed by atoms with Crippen LogP contribution in [0.3, 0.4) is 0 Å². The van der Waals surface area contributed by atoms with Crippen molar-refractivity contribution in [1.29, 1.82) is 0 Å². The summed E-state index contributed by atoms with van der Waals surface area (Å²) >= 11 is 1.16. The molecule has 6 nitrogen and oxygen atoms in total. The molecular formula is C21H21F3N2O4S. The van der Waals surface area contributed by atoms with Crippen molar-refractivity contribution in [3.63, 3.8) is 0 Å². The molecule has 0 aliphatic rings. The number of ether oxygens (including phenoxy) is 1. The van der Waals surface area contributed by atoms with E-state index in [1.54, 1.807) is 43.4 Å². The van der Waals surface area contributed by atoms with Crippen LogP contribution in [-0.4, -0.2) is 42.9 Å². The fourth-order valence-corrected chi connectivity index (χ4v) is 3.55. The number of carbonyl (C=O) groups excluding carboxylic acids is 3. The highest BCUT2D eigenvalue weighted by molar-refractivity contribution is 8.00. The van der Waals surface area contributed by atoms with Gasteiger partial charge in [-0.2, -0.15) is 13.2 Å². The number of halogens is 3. The molecule has 2 N–H and O–H groups in total. The van der Waals surface area contributed by atoms with Gasteiger partial charge in [0.25, 0.3) is 11.8 Å². The molecule has 0 radical (unpaired) electrons. The Bertz CT molecular complexity index is 979. The van der Waals surface area contributed by atoms with E-state index in [0.717, 1.165) is 11.8 Å². The molecule has 2 aromatic carbocycles. The molecule has 2 aromatic rings. The highest BCUT2D eigenvalue weighted by Gasteiger charge is 2.28. The molecule has 1 unspecified atom stereocenters. The van der Waals surface area contributed by atoms with Gasteiger partial charge in [-0.1, -0.05) is 18.2 Å². The summed E-state index contributed by atoms with van der Waals surface area (Å²) in [6.07, 6.45) is -4.53. The molecule has 0 saturated carbocycles. The number of amides is 2. The average molecular weight is 454 g/mol. The maximum Gasteiger partial charge on any atom is 0.405 e. The van der Waals surface area contributed by atoms with Crippen LogP contribution in [0, 0.1) is 6.92 Å². The van der Waals surface area contributed by atoms with Crippen molar-refractivity contribution < 1.29 is 32.3 Å². The smallest absolute Gasteiger partial charge is 0.405 e. The highest BCUT2D eigenvalue weighted by Crippen LogP contribution is 2.28. The molecule has 1 atom stereocenters. The number of anilines is 1. The molecule has 0 aliphatic heterocycles. The van der Waals surface area contributed by atoms with Crippen molar-refractivity contribution >= 4 is 35.2 Å². The van der Waals surface area contributed by atoms with Crippen molar-refractivity contribution in [2.24, 2.45) is 0 Å². The minimum absolute atomic E-state index is 0.0212. The van der Waals surface area contributed by atoms with Gasteiger partial charge in [0.05, 0.1) is 12.7 Å². The van der Waals surface area contributed by atoms with Crippen LogP contribution in [0.4, 0.5) is 18.9 Å². The Hall–Kier alpha value is -3.01. The van der Waals surface area contributed by atoms with Crippen LogP contribution >= 0.6 is 11.8 Å². The Morgan fingerprint density at radius 3 is 2.42 bits per heavy atom. The van der Waals surface area contributed by atoms with E-state index in [1.807, 2.05) is 0 Å². The maximum atomic E-state index is 12.9. The molecule has 0 fully saturated rings. The summed E-state index contributed by atoms with van der Waals surface area (Å²) in [7, 11) is 1.28. The fraction of sp³-hybridized carbons (Fsp3) is 0.286. The van der Waals surface area contributed by atoms with Crippen molar-refractivity contribution in [2.45, 2.75) is 30.2 Å². The third kappa shape index (κ3) is 7.02. The molecule has 0 saturated heterocycles. The molecule has 2 rings (SSSR count). The summed E-state index contributed by atoms with van der Waals surface area (Å²) in [6, 6.07) is 10.9. The predicted molar refractivity (Wildman–Crippen MR) is 111 cm³/mol. The zero-order valence-electron chi connectivity index (χ0n) is 17.0. The Kier molecular flexibility index (Phi) is 8.09. The van der Waals surface area contributed by atoms with E-state index >= 15 is 0 Å². The van der Waals surface area contributed by atoms with Crippen molar-refractivity contribution in [3.8, 4) is 0 Å². The zero-order valence-corrected chi connectivity index (χ0v) is 17.8. The standard InChI is InChI=1S/C21H21F3N2O4S/c1-12-8-9-14(18(27)25-11-21(22,23)24)10-16(12)26-19(28)15-6-4-5-7-17(15)31-13(2)20(29)30-3/h4-10,13H,11H2,1-3H3,(H,25,27)(H,26,28). The second kappa shape index (κ2) is 10.3. The van der Waals surface area contributed by atoms with Crippen molar-refractivity contribution in [3.05, 3.63) is 59.2 Å². The number of benzene rings is 2. The number of methoxy groups -OCH3 is 1. The van der Waals surface area contributed by atoms with Crippen LogP contribution in [0.25, 0.3) is 0 Å². The molecular weight excluding hydrogens is 433 g/mol. The van der Waals surface area contributed by atoms with E-state index in [4.69, 9.17) is 4.74 Å². The number of nitrogens with one attached hydrogen (secondary N) is 2. The number of thioether (sulfide) groups is 1. The molecule has 2 amide bonds. The summed E-state index contributed by atoms with van der Waals surface area (Å²) in [6.45, 7) is 1.88. The number of esters is 1. The lowest BCUT2D eigenvalue weighted by Gasteiger charge is -2.15. The van der Waals surface area contributed by atoms with Crippen LogP contribution in [0.15, 0.2) is 47.4 Å². The van der Waals surface area contributed by atoms with E-state index in [9.17, 15) is 27.6 Å². The normalized spacial score (nSPS) is 12.1. The van der Waals surface area contributed by atoms with Crippen LogP contribution in [0.1, 0.15) is 33.2 Å². The average Bonchev–Trinajstić information content (AvgIpc) is 2.72. The van der Waals surface area contributed by atoms with Gasteiger partial charge >= 0.3 is 12.1 Å². The molecule has 31 heavy (non-hydrogen) atoms. The van der Waals surface area contributed by atoms with Gasteiger partial charge in [0.2, 0.25) is 0 Å². The van der Waals surface area contributed by atoms with Crippen molar-refractivity contribution in [1.82, 2.24) is 5.32 Å². The number of rotatable bonds is 7. The Morgan fingerprint density at radius 2 is 1.77 bits per heavy atom. The number of hydrogen-bond donors (Lipinski definition) is 2. The minimum atomic E-state index is -4.53. The Labute approximate surface area is 181 Å². The van der Waals surface area contributed by atoms with E-state index in [1.165, 1.54) is 25.3 Å². The molecule has 166 valence electrons. The van der Waals surface area contributed by atoms with Gasteiger partial charge in [0, 0.05) is 16.1 Å². The third-order valence-electron chi connectivity index (χ3n) is 4.17. The van der Waals surface area contributed by atoms with E-state index in [2.05, 4.69) is 5.32 Å². The molecule has 0 heterocycles. The van der Waals surface area contributed by atoms with E-state index in [-0.39, 0.29) is 11.3 Å². The van der Waals surface area contributed by atoms with E-state index in [0.29, 0.717) is 16.0 Å². The lowest BCUT2D eigenvalue weighted by Crippen LogP contribution is -2.33. The van der Waals surface area contributed by atoms with Gasteiger partial charge in [0.15, 0.2) is 0 Å². The van der Waals surface area contributed by atoms with Gasteiger partial charge in [-0.25, -0.2) is 0 Å². The fourth-order valence-electron chi connectivity index (χ4n) is 2.53. The predicted octanol–water partition coefficient (Wildman–Crippen LogP) is 4.19. The quantitative estimate of drug-likeness (QED) is 0.484. The van der Waals surface area contributed by atoms with Gasteiger partial charge in [-0.15, -0.1) is 11.8 Å². The first-order chi connectivity index (χ1) is 14.5. The molecule has 0 bridgehead atoms. The topological polar surface area (TPSA) is 84.5 Å². The molecule has 0 aromatic heterocycles. The second-order valence-corrected chi connectivity index (χ2v) is 7.94. The SMILES string of the molecule is COC(=O)C(C)Sc1ccccc1C(=O)Nc1cc(C(=O)NCC(F)(F)F)ccc1C. The molecule has 0 aliphatic carbocycles. The lowest BCUT2D eigenvalue weighted by atomic mass is 10.1. The first kappa shape index (κ1) is 24.3. The second-order valence-electron chi connectivity index (χ2n) is 6.56. The number of hydrogen-bond acceptors (Lipinski definition) is 5. The number of aryl methyl sites for hydroxylation is 1. The first-order valence-corrected chi connectivity index (χ1v) is 10.00. The highest BCUT2D eigenvalue weighted by atomic mass is 32.2. The van der Waals surface area contributed by atoms with Gasteiger partial charge in [0.1, 0.15) is 11.8 Å². The van der Waals surface area contributed by atoms with Gasteiger partial charge < -0.3 is 15.4 Å². The van der Waals surface area contributed by atoms with Crippen LogP contribution in [0.2, 0.25) is 0 Å². The van der Waals surface area contributed by atoms with Gasteiger partial charge in [-0.05, 0) is 43.7 Å². The Morgan fingerprint density at radius 1 is 1.10 bits per heavy atom. The van der Waals surface area contributed by atoms with Gasteiger partial charge in [-0.3, -0.25) is 14.4 Å². The zero-order chi connectivity index (χ0) is 23.2. The van der Waals surface area contributed by atoms with Crippen molar-refractivity contribution in [2.75, 3.05) is 19.0 Å². The number of carbonyl (C=O) groups is 3. The lowest BCUT2D eigenvalue weighted by molar-refractivity contribution is -0.139. The monoisotopic (exact) mass is 454 g/mol. The summed E-state index contributed by atoms with van der Waals surface area (Å²) in [5.74, 6) is -1.83. The molecule has 0 spiro atoms. The summed E-state index contributed by atoms with van der Waals surface area (Å²) in [5.41, 5.74) is 1.18. The Balaban J connectivity index is 2.21. The van der Waals surface area contributed by atoms with E-state index < -0.39 is 35.8 Å². The van der Waals surface area contributed by atoms with Crippen LogP contribution in [-0.2, 0) is 9.53 Å². The first-order valence-electron chi connectivity index (χ1n) is 9.12. The maximum absolute atomic E-state index is 12.9. The summed E-state index contributed by atoms with van der Waals surface area (Å²) < 4.78 is 41.7. The number of alkyl halides is 3. The summed E-state index contributed by atoms with van der Waals surface area (Å²) in [4.78, 5) is 37.1. The van der Waals surface area contributed by atoms with Crippen LogP contribution in [0.5, 0.6) is 0 Å². The third-order valence-corrected chi connectivity index (χ3v) is 5.32. The largest absolute Gasteiger partial charge is 0.468 e. The summed E-state index contributed by atoms with van der Waals surface area (Å²) in [5, 5.41) is 3.93.